The van der Waals surface area contributed by atoms with Gasteiger partial charge in [0.05, 0.1) is 29.1 Å². The minimum Gasteiger partial charge on any atom is -0.312 e. The molecule has 0 unspecified atom stereocenters. The van der Waals surface area contributed by atoms with Gasteiger partial charge in [0.15, 0.2) is 0 Å². The molecule has 1 aliphatic rings. The van der Waals surface area contributed by atoms with Crippen LogP contribution in [-0.4, -0.2) is 44.2 Å². The molecule has 0 bridgehead atoms. The second kappa shape index (κ2) is 4.68. The largest absolute Gasteiger partial charge is 0.312 e. The van der Waals surface area contributed by atoms with E-state index in [1.807, 2.05) is 10.9 Å². The maximum absolute atomic E-state index is 10.9. The fraction of sp³-hybridized carbons (Fsp3) is 0.667. The number of aromatic nitrogens is 2. The number of nitrogens with one attached hydrogen (secondary N) is 1. The van der Waals surface area contributed by atoms with E-state index in [2.05, 4.69) is 26.3 Å². The highest BCUT2D eigenvalue weighted by Gasteiger charge is 2.39. The van der Waals surface area contributed by atoms with Crippen LogP contribution in [0.25, 0.3) is 0 Å². The van der Waals surface area contributed by atoms with Crippen LogP contribution in [0.2, 0.25) is 0 Å². The van der Waals surface area contributed by atoms with Gasteiger partial charge in [-0.05, 0) is 22.4 Å². The lowest BCUT2D eigenvalue weighted by Gasteiger charge is -2.42. The van der Waals surface area contributed by atoms with Crippen LogP contribution in [0.15, 0.2) is 16.9 Å². The van der Waals surface area contributed by atoms with Crippen molar-refractivity contribution < 1.29 is 12.6 Å². The first-order chi connectivity index (χ1) is 7.91. The summed E-state index contributed by atoms with van der Waals surface area (Å²) in [6.07, 6.45) is 5.28. The standard InChI is InChI=1S/C9H14BrN3O3S/c1-17(14,15)16-3-2-9(6-11-7-9)13-5-8(10)4-12-13/h4-5,11H,2-3,6-7H2,1H3. The Kier molecular flexibility index (Phi) is 3.58. The zero-order chi connectivity index (χ0) is 12.5. The summed E-state index contributed by atoms with van der Waals surface area (Å²) < 4.78 is 29.3. The third-order valence-electron chi connectivity index (χ3n) is 2.81. The van der Waals surface area contributed by atoms with Gasteiger partial charge in [-0.3, -0.25) is 8.86 Å². The summed E-state index contributed by atoms with van der Waals surface area (Å²) in [5, 5.41) is 7.43. The van der Waals surface area contributed by atoms with Crippen molar-refractivity contribution in [1.29, 1.82) is 0 Å². The molecule has 0 radical (unpaired) electrons. The van der Waals surface area contributed by atoms with Crippen LogP contribution in [0, 0.1) is 0 Å². The summed E-state index contributed by atoms with van der Waals surface area (Å²) >= 11 is 3.35. The third-order valence-corrected chi connectivity index (χ3v) is 3.81. The van der Waals surface area contributed by atoms with Crippen LogP contribution in [0.5, 0.6) is 0 Å². The summed E-state index contributed by atoms with van der Waals surface area (Å²) in [6.45, 7) is 1.72. The summed E-state index contributed by atoms with van der Waals surface area (Å²) in [5.74, 6) is 0. The Morgan fingerprint density at radius 1 is 1.65 bits per heavy atom. The maximum Gasteiger partial charge on any atom is 0.264 e. The van der Waals surface area contributed by atoms with Crippen molar-refractivity contribution in [2.24, 2.45) is 0 Å². The molecule has 0 atom stereocenters. The van der Waals surface area contributed by atoms with Crippen molar-refractivity contribution >= 4 is 26.0 Å². The molecule has 0 amide bonds. The Labute approximate surface area is 109 Å². The molecule has 2 heterocycles. The van der Waals surface area contributed by atoms with E-state index < -0.39 is 10.1 Å². The van der Waals surface area contributed by atoms with Crippen molar-refractivity contribution in [1.82, 2.24) is 15.1 Å². The number of rotatable bonds is 5. The Balaban J connectivity index is 2.01. The molecule has 0 aliphatic carbocycles. The molecule has 0 spiro atoms. The van der Waals surface area contributed by atoms with E-state index in [1.165, 1.54) is 0 Å². The molecule has 1 N–H and O–H groups in total. The van der Waals surface area contributed by atoms with Gasteiger partial charge in [-0.25, -0.2) is 0 Å². The normalized spacial score (nSPS) is 18.9. The van der Waals surface area contributed by atoms with E-state index in [0.717, 1.165) is 23.8 Å². The van der Waals surface area contributed by atoms with Gasteiger partial charge < -0.3 is 5.32 Å². The van der Waals surface area contributed by atoms with Crippen LogP contribution in [0.4, 0.5) is 0 Å². The monoisotopic (exact) mass is 323 g/mol. The van der Waals surface area contributed by atoms with Crippen molar-refractivity contribution in [3.8, 4) is 0 Å². The quantitative estimate of drug-likeness (QED) is 0.789. The van der Waals surface area contributed by atoms with Crippen molar-refractivity contribution in [3.63, 3.8) is 0 Å². The van der Waals surface area contributed by atoms with E-state index in [-0.39, 0.29) is 12.1 Å². The molecule has 0 aromatic carbocycles. The van der Waals surface area contributed by atoms with Crippen LogP contribution in [-0.2, 0) is 19.8 Å². The molecule has 1 saturated heterocycles. The van der Waals surface area contributed by atoms with Gasteiger partial charge in [-0.1, -0.05) is 0 Å². The summed E-state index contributed by atoms with van der Waals surface area (Å²) in [5.41, 5.74) is -0.170. The highest BCUT2D eigenvalue weighted by atomic mass is 79.9. The highest BCUT2D eigenvalue weighted by Crippen LogP contribution is 2.26. The summed E-state index contributed by atoms with van der Waals surface area (Å²) in [4.78, 5) is 0. The molecule has 1 aromatic heterocycles. The molecular weight excluding hydrogens is 310 g/mol. The molecule has 1 fully saturated rings. The van der Waals surface area contributed by atoms with E-state index >= 15 is 0 Å². The van der Waals surface area contributed by atoms with E-state index in [0.29, 0.717) is 6.42 Å². The molecule has 8 heteroatoms. The minimum absolute atomic E-state index is 0.170. The summed E-state index contributed by atoms with van der Waals surface area (Å²) in [6, 6.07) is 0. The predicted octanol–water partition coefficient (Wildman–Crippen LogP) is 0.310. The smallest absolute Gasteiger partial charge is 0.264 e. The first-order valence-corrected chi connectivity index (χ1v) is 7.78. The first kappa shape index (κ1) is 13.0. The lowest BCUT2D eigenvalue weighted by Crippen LogP contribution is -2.61. The first-order valence-electron chi connectivity index (χ1n) is 5.17. The number of nitrogens with zero attached hydrogens (tertiary/aromatic N) is 2. The van der Waals surface area contributed by atoms with Crippen LogP contribution in [0.1, 0.15) is 6.42 Å². The van der Waals surface area contributed by atoms with Gasteiger partial charge in [0.1, 0.15) is 0 Å². The maximum atomic E-state index is 10.9. The van der Waals surface area contributed by atoms with Gasteiger partial charge in [0.2, 0.25) is 0 Å². The Morgan fingerprint density at radius 2 is 2.35 bits per heavy atom. The Hall–Kier alpha value is -0.440. The van der Waals surface area contributed by atoms with E-state index in [4.69, 9.17) is 4.18 Å². The Bertz CT molecular complexity index is 495. The number of hydrogen-bond acceptors (Lipinski definition) is 5. The third kappa shape index (κ3) is 3.06. The highest BCUT2D eigenvalue weighted by molar-refractivity contribution is 9.10. The molecule has 6 nitrogen and oxygen atoms in total. The van der Waals surface area contributed by atoms with E-state index in [9.17, 15) is 8.42 Å². The van der Waals surface area contributed by atoms with Crippen LogP contribution in [0.3, 0.4) is 0 Å². The number of hydrogen-bond donors (Lipinski definition) is 1. The molecule has 1 aliphatic heterocycles. The lowest BCUT2D eigenvalue weighted by atomic mass is 9.89. The molecule has 96 valence electrons. The topological polar surface area (TPSA) is 73.2 Å². The van der Waals surface area contributed by atoms with Gasteiger partial charge in [-0.15, -0.1) is 0 Å². The van der Waals surface area contributed by atoms with Crippen molar-refractivity contribution in [2.45, 2.75) is 12.0 Å². The van der Waals surface area contributed by atoms with Gasteiger partial charge in [0.25, 0.3) is 10.1 Å². The average molecular weight is 324 g/mol. The second-order valence-electron chi connectivity index (χ2n) is 4.21. The number of halogens is 1. The lowest BCUT2D eigenvalue weighted by molar-refractivity contribution is 0.116. The zero-order valence-electron chi connectivity index (χ0n) is 9.39. The average Bonchev–Trinajstić information content (AvgIpc) is 2.55. The molecule has 17 heavy (non-hydrogen) atoms. The van der Waals surface area contributed by atoms with Gasteiger partial charge in [0, 0.05) is 19.3 Å². The molecule has 2 rings (SSSR count). The predicted molar refractivity (Wildman–Crippen MR) is 66.2 cm³/mol. The molecule has 1 aromatic rings. The van der Waals surface area contributed by atoms with E-state index in [1.54, 1.807) is 6.20 Å². The van der Waals surface area contributed by atoms with Gasteiger partial charge in [-0.2, -0.15) is 13.5 Å². The van der Waals surface area contributed by atoms with Crippen LogP contribution >= 0.6 is 15.9 Å². The fourth-order valence-electron chi connectivity index (χ4n) is 1.81. The minimum atomic E-state index is -3.37. The Morgan fingerprint density at radius 3 is 2.76 bits per heavy atom. The van der Waals surface area contributed by atoms with Crippen molar-refractivity contribution in [3.05, 3.63) is 16.9 Å². The SMILES string of the molecule is CS(=O)(=O)OCCC1(n2cc(Br)cn2)CNC1. The van der Waals surface area contributed by atoms with Crippen molar-refractivity contribution in [2.75, 3.05) is 26.0 Å². The second-order valence-corrected chi connectivity index (χ2v) is 6.77. The van der Waals surface area contributed by atoms with Crippen LogP contribution < -0.4 is 5.32 Å². The molecule has 0 saturated carbocycles. The zero-order valence-corrected chi connectivity index (χ0v) is 11.8. The summed E-state index contributed by atoms with van der Waals surface area (Å²) in [7, 11) is -3.37. The van der Waals surface area contributed by atoms with Gasteiger partial charge >= 0.3 is 0 Å². The molecular formula is C9H14BrN3O3S. The fourth-order valence-corrected chi connectivity index (χ4v) is 2.48.